The van der Waals surface area contributed by atoms with E-state index in [2.05, 4.69) is 10.1 Å². The van der Waals surface area contributed by atoms with Gasteiger partial charge in [-0.3, -0.25) is 5.01 Å². The number of aryl methyl sites for hydroxylation is 1. The number of likely N-dealkylation sites (tertiary alicyclic amines) is 1. The van der Waals surface area contributed by atoms with Gasteiger partial charge >= 0.3 is 12.1 Å². The van der Waals surface area contributed by atoms with Crippen molar-refractivity contribution in [2.75, 3.05) is 53.1 Å². The molecule has 9 nitrogen and oxygen atoms in total. The molecule has 10 heteroatoms. The van der Waals surface area contributed by atoms with E-state index >= 15 is 0 Å². The summed E-state index contributed by atoms with van der Waals surface area (Å²) < 4.78 is 30.5. The van der Waals surface area contributed by atoms with Crippen LogP contribution in [0.1, 0.15) is 55.8 Å². The Hall–Kier alpha value is -2.43. The number of carbonyl (C=O) groups is 2. The predicted molar refractivity (Wildman–Crippen MR) is 134 cm³/mol. The number of piperidine rings is 1. The van der Waals surface area contributed by atoms with Crippen molar-refractivity contribution >= 4 is 12.1 Å². The van der Waals surface area contributed by atoms with E-state index in [0.29, 0.717) is 25.6 Å². The second-order valence-corrected chi connectivity index (χ2v) is 9.76. The number of hydrazine groups is 1. The van der Waals surface area contributed by atoms with E-state index in [0.717, 1.165) is 56.4 Å². The second kappa shape index (κ2) is 14.3. The van der Waals surface area contributed by atoms with Gasteiger partial charge < -0.3 is 24.4 Å². The van der Waals surface area contributed by atoms with Gasteiger partial charge in [0.15, 0.2) is 0 Å². The monoisotopic (exact) mass is 508 g/mol. The lowest BCUT2D eigenvalue weighted by Crippen LogP contribution is -2.51. The molecule has 2 heterocycles. The Kier molecular flexibility index (Phi) is 11.2. The molecule has 2 fully saturated rings. The fraction of sp³-hybridized carbons (Fsp3) is 0.692. The van der Waals surface area contributed by atoms with E-state index in [1.54, 1.807) is 11.0 Å². The highest BCUT2D eigenvalue weighted by molar-refractivity contribution is 5.73. The number of ether oxygens (including phenoxy) is 3. The van der Waals surface area contributed by atoms with Crippen molar-refractivity contribution in [2.45, 2.75) is 51.6 Å². The number of alkyl carbamates (subject to hydrolysis) is 1. The molecule has 0 saturated carbocycles. The van der Waals surface area contributed by atoms with Crippen molar-refractivity contribution in [3.63, 3.8) is 0 Å². The summed E-state index contributed by atoms with van der Waals surface area (Å²) in [5.41, 5.74) is 1.67. The molecule has 0 aromatic heterocycles. The van der Waals surface area contributed by atoms with Crippen LogP contribution in [0.2, 0.25) is 0 Å². The number of halogens is 1. The number of hydrogen-bond donors (Lipinski definition) is 2. The average molecular weight is 509 g/mol. The molecule has 2 aliphatic rings. The molecular formula is C26H41FN4O5. The Morgan fingerprint density at radius 3 is 2.92 bits per heavy atom. The summed E-state index contributed by atoms with van der Waals surface area (Å²) in [4.78, 5) is 26.3. The van der Waals surface area contributed by atoms with Crippen LogP contribution in [0.15, 0.2) is 18.2 Å². The first-order chi connectivity index (χ1) is 17.4. The highest BCUT2D eigenvalue weighted by Gasteiger charge is 2.33. The molecule has 3 N–H and O–H groups in total. The Labute approximate surface area is 213 Å². The van der Waals surface area contributed by atoms with Gasteiger partial charge in [0.2, 0.25) is 0 Å². The summed E-state index contributed by atoms with van der Waals surface area (Å²) >= 11 is 0. The van der Waals surface area contributed by atoms with Gasteiger partial charge in [0.25, 0.3) is 0 Å². The van der Waals surface area contributed by atoms with Crippen LogP contribution in [-0.2, 0) is 14.2 Å². The number of hydrogen-bond acceptors (Lipinski definition) is 6. The Morgan fingerprint density at radius 2 is 2.17 bits per heavy atom. The van der Waals surface area contributed by atoms with Crippen molar-refractivity contribution in [3.8, 4) is 0 Å². The maximum absolute atomic E-state index is 14.2. The normalized spacial score (nSPS) is 21.1. The number of nitrogens with one attached hydrogen (secondary N) is 1. The minimum Gasteiger partial charge on any atom is -0.453 e. The van der Waals surface area contributed by atoms with Gasteiger partial charge in [-0.05, 0) is 74.6 Å². The minimum absolute atomic E-state index is 0.0332. The summed E-state index contributed by atoms with van der Waals surface area (Å²) in [7, 11) is 1.30. The van der Waals surface area contributed by atoms with E-state index in [9.17, 15) is 14.0 Å². The predicted octanol–water partition coefficient (Wildman–Crippen LogP) is 3.76. The number of nitrogens with two attached hydrogens (primary N) is 1. The molecule has 3 rings (SSSR count). The van der Waals surface area contributed by atoms with Gasteiger partial charge in [-0.2, -0.15) is 0 Å². The minimum atomic E-state index is -0.537. The Bertz CT molecular complexity index is 852. The molecule has 3 atom stereocenters. The largest absolute Gasteiger partial charge is 0.453 e. The van der Waals surface area contributed by atoms with Gasteiger partial charge in [-0.15, -0.1) is 0 Å². The summed E-state index contributed by atoms with van der Waals surface area (Å²) in [6.07, 6.45) is 4.78. The SMILES string of the molecule is COC(=O)NCCO[C@@H](c1cc(F)ccc1C)C1CCCN(C(=O)N(N)CCCC2CCCOC2)C1. The third kappa shape index (κ3) is 8.31. The van der Waals surface area contributed by atoms with Gasteiger partial charge in [0.05, 0.1) is 19.8 Å². The first-order valence-corrected chi connectivity index (χ1v) is 13.0. The van der Waals surface area contributed by atoms with Crippen LogP contribution in [0.3, 0.4) is 0 Å². The maximum atomic E-state index is 14.2. The lowest BCUT2D eigenvalue weighted by molar-refractivity contribution is -0.0112. The standard InChI is InChI=1S/C26H41FN4O5/c1-19-9-10-22(27)16-23(19)24(36-15-11-29-25(32)34-2)21-8-4-12-30(17-21)26(33)31(28)13-3-6-20-7-5-14-35-18-20/h9-10,16,20-21,24H,3-8,11-15,17-18,28H2,1-2H3,(H,29,32)/t20?,21?,24-/m1/s1. The molecule has 2 unspecified atom stereocenters. The number of benzene rings is 1. The van der Waals surface area contributed by atoms with Gasteiger partial charge in [-0.1, -0.05) is 6.07 Å². The zero-order valence-corrected chi connectivity index (χ0v) is 21.5. The van der Waals surface area contributed by atoms with E-state index < -0.39 is 12.2 Å². The van der Waals surface area contributed by atoms with Crippen LogP contribution in [0, 0.1) is 24.6 Å². The molecule has 0 spiro atoms. The molecule has 1 aromatic rings. The van der Waals surface area contributed by atoms with Crippen LogP contribution in [0.5, 0.6) is 0 Å². The quantitative estimate of drug-likeness (QED) is 0.216. The smallest absolute Gasteiger partial charge is 0.406 e. The molecule has 36 heavy (non-hydrogen) atoms. The van der Waals surface area contributed by atoms with Crippen molar-refractivity contribution in [2.24, 2.45) is 17.7 Å². The molecule has 2 saturated heterocycles. The number of carbonyl (C=O) groups excluding carboxylic acids is 2. The fourth-order valence-electron chi connectivity index (χ4n) is 5.10. The van der Waals surface area contributed by atoms with Crippen LogP contribution < -0.4 is 11.2 Å². The maximum Gasteiger partial charge on any atom is 0.406 e. The fourth-order valence-corrected chi connectivity index (χ4v) is 5.10. The van der Waals surface area contributed by atoms with Crippen molar-refractivity contribution in [3.05, 3.63) is 35.1 Å². The molecule has 0 bridgehead atoms. The van der Waals surface area contributed by atoms with Gasteiger partial charge in [0, 0.05) is 45.3 Å². The first kappa shape index (κ1) is 28.1. The number of nitrogens with zero attached hydrogens (tertiary/aromatic N) is 2. The summed E-state index contributed by atoms with van der Waals surface area (Å²) in [6, 6.07) is 4.47. The van der Waals surface area contributed by atoms with E-state index in [1.165, 1.54) is 30.7 Å². The number of amides is 3. The first-order valence-electron chi connectivity index (χ1n) is 13.0. The Morgan fingerprint density at radius 1 is 1.33 bits per heavy atom. The van der Waals surface area contributed by atoms with Gasteiger partial charge in [0.1, 0.15) is 5.82 Å². The summed E-state index contributed by atoms with van der Waals surface area (Å²) in [5.74, 6) is 6.33. The average Bonchev–Trinajstić information content (AvgIpc) is 2.90. The van der Waals surface area contributed by atoms with Crippen molar-refractivity contribution in [1.82, 2.24) is 15.2 Å². The third-order valence-electron chi connectivity index (χ3n) is 7.07. The third-order valence-corrected chi connectivity index (χ3v) is 7.07. The molecule has 3 amide bonds. The summed E-state index contributed by atoms with van der Waals surface area (Å²) in [5, 5.41) is 3.91. The molecule has 2 aliphatic heterocycles. The molecular weight excluding hydrogens is 467 g/mol. The zero-order valence-electron chi connectivity index (χ0n) is 21.5. The van der Waals surface area contributed by atoms with E-state index in [4.69, 9.17) is 15.3 Å². The summed E-state index contributed by atoms with van der Waals surface area (Å²) in [6.45, 7) is 5.63. The highest BCUT2D eigenvalue weighted by Crippen LogP contribution is 2.35. The highest BCUT2D eigenvalue weighted by atomic mass is 19.1. The van der Waals surface area contributed by atoms with Crippen LogP contribution in [-0.4, -0.2) is 75.1 Å². The van der Waals surface area contributed by atoms with E-state index in [1.807, 2.05) is 6.92 Å². The van der Waals surface area contributed by atoms with E-state index in [-0.39, 0.29) is 30.9 Å². The topological polar surface area (TPSA) is 106 Å². The van der Waals surface area contributed by atoms with Gasteiger partial charge in [-0.25, -0.2) is 19.8 Å². The molecule has 202 valence electrons. The number of rotatable bonds is 10. The molecule has 0 radical (unpaired) electrons. The molecule has 0 aliphatic carbocycles. The van der Waals surface area contributed by atoms with Crippen molar-refractivity contribution < 1.29 is 28.2 Å². The van der Waals surface area contributed by atoms with Crippen LogP contribution in [0.25, 0.3) is 0 Å². The molecule has 1 aromatic carbocycles. The lowest BCUT2D eigenvalue weighted by Gasteiger charge is -2.38. The zero-order chi connectivity index (χ0) is 25.9. The number of methoxy groups -OCH3 is 1. The van der Waals surface area contributed by atoms with Crippen molar-refractivity contribution in [1.29, 1.82) is 0 Å². The second-order valence-electron chi connectivity index (χ2n) is 9.76. The number of urea groups is 1. The Balaban J connectivity index is 1.60. The van der Waals surface area contributed by atoms with Crippen LogP contribution >= 0.6 is 0 Å². The lowest BCUT2D eigenvalue weighted by atomic mass is 9.86. The van der Waals surface area contributed by atoms with Crippen LogP contribution in [0.4, 0.5) is 14.0 Å².